The smallest absolute Gasteiger partial charge is 0.252 e. The van der Waals surface area contributed by atoms with Gasteiger partial charge in [0, 0.05) is 31.4 Å². The third-order valence-corrected chi connectivity index (χ3v) is 3.46. The lowest BCUT2D eigenvalue weighted by Crippen LogP contribution is -2.25. The number of ether oxygens (including phenoxy) is 1. The van der Waals surface area contributed by atoms with Gasteiger partial charge in [0.25, 0.3) is 5.91 Å². The Kier molecular flexibility index (Phi) is 6.84. The SMILES string of the molecule is COCCNc1ccc(C(=O)NCCc2cccc(Cl)c2)cn1. The number of carbonyl (C=O) groups excluding carboxylic acids is 1. The van der Waals surface area contributed by atoms with Crippen molar-refractivity contribution in [2.75, 3.05) is 32.1 Å². The number of pyridine rings is 1. The zero-order valence-electron chi connectivity index (χ0n) is 13.0. The summed E-state index contributed by atoms with van der Waals surface area (Å²) in [5.74, 6) is 0.584. The molecular weight excluding hydrogens is 314 g/mol. The van der Waals surface area contributed by atoms with E-state index in [1.54, 1.807) is 25.4 Å². The Labute approximate surface area is 141 Å². The van der Waals surface area contributed by atoms with Crippen LogP contribution in [0.1, 0.15) is 15.9 Å². The molecule has 1 heterocycles. The third kappa shape index (κ3) is 5.88. The molecule has 0 atom stereocenters. The summed E-state index contributed by atoms with van der Waals surface area (Å²) >= 11 is 5.93. The summed E-state index contributed by atoms with van der Waals surface area (Å²) in [5, 5.41) is 6.68. The highest BCUT2D eigenvalue weighted by Gasteiger charge is 2.05. The van der Waals surface area contributed by atoms with Crippen molar-refractivity contribution < 1.29 is 9.53 Å². The van der Waals surface area contributed by atoms with Crippen LogP contribution < -0.4 is 10.6 Å². The standard InChI is InChI=1S/C17H20ClN3O2/c1-23-10-9-19-16-6-5-14(12-21-16)17(22)20-8-7-13-3-2-4-15(18)11-13/h2-6,11-12H,7-10H2,1H3,(H,19,21)(H,20,22). The van der Waals surface area contributed by atoms with Gasteiger partial charge in [-0.05, 0) is 36.2 Å². The number of amides is 1. The van der Waals surface area contributed by atoms with Gasteiger partial charge < -0.3 is 15.4 Å². The van der Waals surface area contributed by atoms with Crippen LogP contribution in [0.5, 0.6) is 0 Å². The highest BCUT2D eigenvalue weighted by molar-refractivity contribution is 6.30. The number of hydrogen-bond acceptors (Lipinski definition) is 4. The molecule has 0 fully saturated rings. The largest absolute Gasteiger partial charge is 0.383 e. The van der Waals surface area contributed by atoms with Crippen LogP contribution in [-0.4, -0.2) is 37.7 Å². The zero-order valence-corrected chi connectivity index (χ0v) is 13.8. The van der Waals surface area contributed by atoms with Gasteiger partial charge in [0.15, 0.2) is 0 Å². The molecule has 0 aliphatic carbocycles. The van der Waals surface area contributed by atoms with E-state index in [1.165, 1.54) is 0 Å². The summed E-state index contributed by atoms with van der Waals surface area (Å²) in [7, 11) is 1.64. The van der Waals surface area contributed by atoms with Crippen LogP contribution in [0.4, 0.5) is 5.82 Å². The maximum absolute atomic E-state index is 12.1. The third-order valence-electron chi connectivity index (χ3n) is 3.23. The fourth-order valence-electron chi connectivity index (χ4n) is 2.03. The van der Waals surface area contributed by atoms with E-state index in [0.717, 1.165) is 17.8 Å². The Morgan fingerprint density at radius 1 is 1.26 bits per heavy atom. The van der Waals surface area contributed by atoms with Gasteiger partial charge in [-0.1, -0.05) is 23.7 Å². The summed E-state index contributed by atoms with van der Waals surface area (Å²) in [4.78, 5) is 16.3. The minimum atomic E-state index is -0.136. The molecule has 0 saturated heterocycles. The van der Waals surface area contributed by atoms with Crippen molar-refractivity contribution in [2.45, 2.75) is 6.42 Å². The molecule has 1 aromatic carbocycles. The summed E-state index contributed by atoms with van der Waals surface area (Å²) in [5.41, 5.74) is 1.63. The first kappa shape index (κ1) is 17.2. The number of aromatic nitrogens is 1. The predicted octanol–water partition coefficient (Wildman–Crippen LogP) is 2.77. The zero-order chi connectivity index (χ0) is 16.5. The summed E-state index contributed by atoms with van der Waals surface area (Å²) in [6.07, 6.45) is 2.29. The first-order chi connectivity index (χ1) is 11.2. The van der Waals surface area contributed by atoms with Crippen LogP contribution >= 0.6 is 11.6 Å². The van der Waals surface area contributed by atoms with Crippen LogP contribution in [0.3, 0.4) is 0 Å². The first-order valence-corrected chi connectivity index (χ1v) is 7.78. The van der Waals surface area contributed by atoms with Gasteiger partial charge in [0.05, 0.1) is 12.2 Å². The van der Waals surface area contributed by atoms with Crippen molar-refractivity contribution in [1.29, 1.82) is 0 Å². The lowest BCUT2D eigenvalue weighted by Gasteiger charge is -2.07. The number of benzene rings is 1. The average Bonchev–Trinajstić information content (AvgIpc) is 2.56. The Morgan fingerprint density at radius 2 is 2.13 bits per heavy atom. The number of nitrogens with zero attached hydrogens (tertiary/aromatic N) is 1. The van der Waals surface area contributed by atoms with Crippen LogP contribution in [0.15, 0.2) is 42.6 Å². The molecule has 0 spiro atoms. The first-order valence-electron chi connectivity index (χ1n) is 7.40. The van der Waals surface area contributed by atoms with Crippen LogP contribution in [0.2, 0.25) is 5.02 Å². The van der Waals surface area contributed by atoms with Crippen molar-refractivity contribution in [1.82, 2.24) is 10.3 Å². The second-order valence-electron chi connectivity index (χ2n) is 4.99. The van der Waals surface area contributed by atoms with E-state index in [-0.39, 0.29) is 5.91 Å². The van der Waals surface area contributed by atoms with Crippen molar-refractivity contribution in [3.05, 3.63) is 58.7 Å². The quantitative estimate of drug-likeness (QED) is 0.729. The van der Waals surface area contributed by atoms with Gasteiger partial charge in [-0.2, -0.15) is 0 Å². The monoisotopic (exact) mass is 333 g/mol. The Morgan fingerprint density at radius 3 is 2.83 bits per heavy atom. The number of methoxy groups -OCH3 is 1. The normalized spacial score (nSPS) is 10.3. The minimum absolute atomic E-state index is 0.136. The molecule has 0 saturated carbocycles. The molecule has 0 aliphatic heterocycles. The molecule has 122 valence electrons. The van der Waals surface area contributed by atoms with Crippen molar-refractivity contribution in [2.24, 2.45) is 0 Å². The lowest BCUT2D eigenvalue weighted by molar-refractivity contribution is 0.0954. The second kappa shape index (κ2) is 9.12. The van der Waals surface area contributed by atoms with E-state index in [4.69, 9.17) is 16.3 Å². The van der Waals surface area contributed by atoms with E-state index < -0.39 is 0 Å². The number of carbonyl (C=O) groups is 1. The molecule has 0 radical (unpaired) electrons. The van der Waals surface area contributed by atoms with E-state index in [9.17, 15) is 4.79 Å². The van der Waals surface area contributed by atoms with Crippen molar-refractivity contribution >= 4 is 23.3 Å². The Hall–Kier alpha value is -2.11. The lowest BCUT2D eigenvalue weighted by atomic mass is 10.1. The van der Waals surface area contributed by atoms with Gasteiger partial charge in [-0.15, -0.1) is 0 Å². The molecule has 1 aromatic heterocycles. The van der Waals surface area contributed by atoms with Crippen molar-refractivity contribution in [3.63, 3.8) is 0 Å². The Bertz CT molecular complexity index is 632. The number of rotatable bonds is 8. The fraction of sp³-hybridized carbons (Fsp3) is 0.294. The molecule has 5 nitrogen and oxygen atoms in total. The topological polar surface area (TPSA) is 63.2 Å². The molecule has 0 aliphatic rings. The molecule has 6 heteroatoms. The molecule has 2 rings (SSSR count). The van der Waals surface area contributed by atoms with Crippen LogP contribution in [-0.2, 0) is 11.2 Å². The number of nitrogens with one attached hydrogen (secondary N) is 2. The predicted molar refractivity (Wildman–Crippen MR) is 92.1 cm³/mol. The molecule has 0 bridgehead atoms. The van der Waals surface area contributed by atoms with E-state index in [0.29, 0.717) is 30.3 Å². The average molecular weight is 334 g/mol. The summed E-state index contributed by atoms with van der Waals surface area (Å²) < 4.78 is 4.95. The second-order valence-corrected chi connectivity index (χ2v) is 5.42. The number of halogens is 1. The number of hydrogen-bond donors (Lipinski definition) is 2. The summed E-state index contributed by atoms with van der Waals surface area (Å²) in [6, 6.07) is 11.1. The highest BCUT2D eigenvalue weighted by Crippen LogP contribution is 2.11. The minimum Gasteiger partial charge on any atom is -0.383 e. The molecule has 1 amide bonds. The maximum Gasteiger partial charge on any atom is 0.252 e. The Balaban J connectivity index is 1.79. The van der Waals surface area contributed by atoms with Gasteiger partial charge in [-0.3, -0.25) is 4.79 Å². The fourth-order valence-corrected chi connectivity index (χ4v) is 2.24. The molecular formula is C17H20ClN3O2. The van der Waals surface area contributed by atoms with Crippen LogP contribution in [0, 0.1) is 0 Å². The van der Waals surface area contributed by atoms with E-state index in [1.807, 2.05) is 24.3 Å². The molecule has 0 unspecified atom stereocenters. The van der Waals surface area contributed by atoms with Gasteiger partial charge >= 0.3 is 0 Å². The maximum atomic E-state index is 12.1. The molecule has 23 heavy (non-hydrogen) atoms. The van der Waals surface area contributed by atoms with E-state index >= 15 is 0 Å². The van der Waals surface area contributed by atoms with Crippen molar-refractivity contribution in [3.8, 4) is 0 Å². The highest BCUT2D eigenvalue weighted by atomic mass is 35.5. The van der Waals surface area contributed by atoms with Gasteiger partial charge in [-0.25, -0.2) is 4.98 Å². The molecule has 2 N–H and O–H groups in total. The van der Waals surface area contributed by atoms with Gasteiger partial charge in [0.2, 0.25) is 0 Å². The number of anilines is 1. The van der Waals surface area contributed by atoms with Gasteiger partial charge in [0.1, 0.15) is 5.82 Å². The van der Waals surface area contributed by atoms with Crippen LogP contribution in [0.25, 0.3) is 0 Å². The summed E-state index contributed by atoms with van der Waals surface area (Å²) in [6.45, 7) is 1.83. The molecule has 2 aromatic rings. The van der Waals surface area contributed by atoms with E-state index in [2.05, 4.69) is 15.6 Å².